The van der Waals surface area contributed by atoms with Crippen molar-refractivity contribution in [1.29, 1.82) is 0 Å². The Bertz CT molecular complexity index is 1480. The molecule has 2 aromatic rings. The summed E-state index contributed by atoms with van der Waals surface area (Å²) in [6.45, 7) is 27.3. The van der Waals surface area contributed by atoms with E-state index in [1.807, 2.05) is 0 Å². The number of fused-ring (bicyclic) bond motifs is 2. The first-order valence-electron chi connectivity index (χ1n) is 17.6. The molecule has 9 unspecified atom stereocenters. The fraction of sp³-hybridized carbons (Fsp3) is 0.535. The molecule has 9 atom stereocenters. The van der Waals surface area contributed by atoms with Crippen molar-refractivity contribution in [3.63, 3.8) is 0 Å². The monoisotopic (exact) mass is 602 g/mol. The fourth-order valence-electron chi connectivity index (χ4n) is 10.6. The van der Waals surface area contributed by atoms with E-state index in [9.17, 15) is 0 Å². The van der Waals surface area contributed by atoms with E-state index >= 15 is 0 Å². The van der Waals surface area contributed by atoms with Gasteiger partial charge in [-0.3, -0.25) is 0 Å². The summed E-state index contributed by atoms with van der Waals surface area (Å²) in [5, 5.41) is 0. The van der Waals surface area contributed by atoms with Gasteiger partial charge in [0.05, 0.1) is 8.07 Å². The second kappa shape index (κ2) is 11.1. The maximum atomic E-state index is 2.79. The minimum atomic E-state index is -1.71. The third-order valence-corrected chi connectivity index (χ3v) is 18.1. The zero-order chi connectivity index (χ0) is 31.8. The molecule has 44 heavy (non-hydrogen) atoms. The molecule has 0 spiro atoms. The molecule has 0 aliphatic heterocycles. The SMILES string of the molecule is CC1CC2C(c3ccc(C(C)(C)C)cc3)=CC=CC2C1[Si](C)(C)C1C(C)C(C)C2C(c3ccc(C(C)(C)C)cc3)=CC=CC21. The highest BCUT2D eigenvalue weighted by Gasteiger charge is 2.59. The van der Waals surface area contributed by atoms with Gasteiger partial charge in [-0.2, -0.15) is 0 Å². The van der Waals surface area contributed by atoms with Gasteiger partial charge in [-0.1, -0.05) is 160 Å². The van der Waals surface area contributed by atoms with Gasteiger partial charge in [0.1, 0.15) is 0 Å². The molecule has 1 heteroatoms. The largest absolute Gasteiger partial charge is 0.0808 e. The molecule has 0 N–H and O–H groups in total. The van der Waals surface area contributed by atoms with Crippen molar-refractivity contribution in [3.05, 3.63) is 107 Å². The topological polar surface area (TPSA) is 0 Å². The Morgan fingerprint density at radius 1 is 0.591 bits per heavy atom. The first-order chi connectivity index (χ1) is 20.6. The van der Waals surface area contributed by atoms with Crippen molar-refractivity contribution in [1.82, 2.24) is 0 Å². The molecule has 0 aromatic heterocycles. The lowest BCUT2D eigenvalue weighted by Crippen LogP contribution is -2.45. The van der Waals surface area contributed by atoms with Crippen molar-refractivity contribution >= 4 is 19.2 Å². The Kier molecular flexibility index (Phi) is 8.01. The van der Waals surface area contributed by atoms with Gasteiger partial charge in [0.2, 0.25) is 0 Å². The number of hydrogen-bond acceptors (Lipinski definition) is 0. The van der Waals surface area contributed by atoms with Crippen LogP contribution in [-0.4, -0.2) is 8.07 Å². The maximum absolute atomic E-state index is 2.79. The normalized spacial score (nSPS) is 33.6. The zero-order valence-electron chi connectivity index (χ0n) is 29.5. The van der Waals surface area contributed by atoms with Crippen molar-refractivity contribution < 1.29 is 0 Å². The number of benzene rings is 2. The summed E-state index contributed by atoms with van der Waals surface area (Å²) in [7, 11) is -1.71. The van der Waals surface area contributed by atoms with Crippen LogP contribution in [-0.2, 0) is 10.8 Å². The summed E-state index contributed by atoms with van der Waals surface area (Å²) in [6.07, 6.45) is 16.3. The summed E-state index contributed by atoms with van der Waals surface area (Å²) in [5.41, 5.74) is 10.9. The minimum Gasteiger partial charge on any atom is -0.0808 e. The Hall–Kier alpha value is -2.38. The molecule has 4 aliphatic carbocycles. The van der Waals surface area contributed by atoms with Gasteiger partial charge in [-0.05, 0) is 103 Å². The molecule has 0 heterocycles. The quantitative estimate of drug-likeness (QED) is 0.305. The molecule has 2 fully saturated rings. The highest BCUT2D eigenvalue weighted by Crippen LogP contribution is 2.66. The smallest absolute Gasteiger partial charge is 0.0553 e. The number of rotatable bonds is 4. The summed E-state index contributed by atoms with van der Waals surface area (Å²) in [4.78, 5) is 0. The van der Waals surface area contributed by atoms with E-state index in [-0.39, 0.29) is 10.8 Å². The Morgan fingerprint density at radius 2 is 1.07 bits per heavy atom. The summed E-state index contributed by atoms with van der Waals surface area (Å²) >= 11 is 0. The van der Waals surface area contributed by atoms with Gasteiger partial charge in [-0.25, -0.2) is 0 Å². The van der Waals surface area contributed by atoms with Crippen LogP contribution in [0.1, 0.15) is 91.0 Å². The molecule has 2 aromatic carbocycles. The Morgan fingerprint density at radius 3 is 1.59 bits per heavy atom. The van der Waals surface area contributed by atoms with Crippen molar-refractivity contribution in [2.24, 2.45) is 41.4 Å². The summed E-state index contributed by atoms with van der Waals surface area (Å²) in [5.74, 6) is 4.80. The molecular weight excluding hydrogens is 545 g/mol. The van der Waals surface area contributed by atoms with E-state index in [2.05, 4.69) is 160 Å². The summed E-state index contributed by atoms with van der Waals surface area (Å²) < 4.78 is 0. The molecule has 0 radical (unpaired) electrons. The molecule has 0 saturated heterocycles. The highest BCUT2D eigenvalue weighted by molar-refractivity contribution is 6.80. The van der Waals surface area contributed by atoms with Gasteiger partial charge in [-0.15, -0.1) is 0 Å². The third kappa shape index (κ3) is 5.30. The maximum Gasteiger partial charge on any atom is 0.0553 e. The van der Waals surface area contributed by atoms with Gasteiger partial charge in [0.25, 0.3) is 0 Å². The Balaban J connectivity index is 1.28. The second-order valence-corrected chi connectivity index (χ2v) is 22.7. The van der Waals surface area contributed by atoms with E-state index in [1.165, 1.54) is 28.7 Å². The van der Waals surface area contributed by atoms with Crippen LogP contribution in [0, 0.1) is 41.4 Å². The van der Waals surface area contributed by atoms with E-state index in [1.54, 1.807) is 11.1 Å². The predicted octanol–water partition coefficient (Wildman–Crippen LogP) is 12.1. The van der Waals surface area contributed by atoms with Crippen LogP contribution in [0.5, 0.6) is 0 Å². The van der Waals surface area contributed by atoms with Gasteiger partial charge >= 0.3 is 0 Å². The molecule has 6 rings (SSSR count). The Labute approximate surface area is 270 Å². The first kappa shape index (κ1) is 31.6. The second-order valence-electron chi connectivity index (χ2n) is 17.8. The van der Waals surface area contributed by atoms with Crippen LogP contribution >= 0.6 is 0 Å². The average Bonchev–Trinajstić information content (AvgIpc) is 3.45. The van der Waals surface area contributed by atoms with E-state index in [0.717, 1.165) is 22.9 Å². The molecule has 0 amide bonds. The average molecular weight is 603 g/mol. The predicted molar refractivity (Wildman–Crippen MR) is 196 cm³/mol. The van der Waals surface area contributed by atoms with Crippen LogP contribution < -0.4 is 0 Å². The van der Waals surface area contributed by atoms with Gasteiger partial charge in [0, 0.05) is 0 Å². The summed E-state index contributed by atoms with van der Waals surface area (Å²) in [6, 6.07) is 19.1. The molecule has 0 bridgehead atoms. The van der Waals surface area contributed by atoms with Crippen LogP contribution in [0.15, 0.2) is 85.0 Å². The lowest BCUT2D eigenvalue weighted by molar-refractivity contribution is 0.402. The molecule has 4 aliphatic rings. The van der Waals surface area contributed by atoms with Gasteiger partial charge < -0.3 is 0 Å². The first-order valence-corrected chi connectivity index (χ1v) is 20.7. The fourth-order valence-corrected chi connectivity index (χ4v) is 16.9. The van der Waals surface area contributed by atoms with Crippen LogP contribution in [0.3, 0.4) is 0 Å². The minimum absolute atomic E-state index is 0.187. The van der Waals surface area contributed by atoms with Crippen molar-refractivity contribution in [2.45, 2.75) is 104 Å². The molecule has 234 valence electrons. The van der Waals surface area contributed by atoms with E-state index < -0.39 is 8.07 Å². The lowest BCUT2D eigenvalue weighted by atomic mass is 9.76. The van der Waals surface area contributed by atoms with Crippen molar-refractivity contribution in [2.75, 3.05) is 0 Å². The zero-order valence-corrected chi connectivity index (χ0v) is 30.5. The molecule has 0 nitrogen and oxygen atoms in total. The highest BCUT2D eigenvalue weighted by atomic mass is 28.3. The lowest BCUT2D eigenvalue weighted by Gasteiger charge is -2.46. The number of hydrogen-bond donors (Lipinski definition) is 0. The van der Waals surface area contributed by atoms with Crippen LogP contribution in [0.4, 0.5) is 0 Å². The number of allylic oxidation sites excluding steroid dienone is 8. The third-order valence-electron chi connectivity index (χ3n) is 12.8. The van der Waals surface area contributed by atoms with E-state index in [0.29, 0.717) is 29.6 Å². The molecular formula is C43H58Si. The van der Waals surface area contributed by atoms with Gasteiger partial charge in [0.15, 0.2) is 0 Å². The van der Waals surface area contributed by atoms with Crippen LogP contribution in [0.2, 0.25) is 24.2 Å². The van der Waals surface area contributed by atoms with E-state index in [4.69, 9.17) is 0 Å². The van der Waals surface area contributed by atoms with Crippen LogP contribution in [0.25, 0.3) is 11.1 Å². The molecule has 2 saturated carbocycles. The standard InChI is InChI=1S/C43H58Si/c1-27-26-38-34(30-18-22-32(23-19-30)42(4,5)6)14-12-16-36(38)40(27)44(10,11)41-29(3)28(2)39-35(15-13-17-37(39)41)31-20-24-33(25-21-31)43(7,8)9/h12-25,27-29,36-41H,26H2,1-11H3. The van der Waals surface area contributed by atoms with Crippen molar-refractivity contribution in [3.8, 4) is 0 Å².